The lowest BCUT2D eigenvalue weighted by molar-refractivity contribution is -0.143. The van der Waals surface area contributed by atoms with Crippen LogP contribution < -0.4 is 5.32 Å². The number of carboxylic acids is 1. The Kier molecular flexibility index (Phi) is 7.09. The Morgan fingerprint density at radius 3 is 2.62 bits per heavy atom. The van der Waals surface area contributed by atoms with Crippen molar-refractivity contribution in [3.63, 3.8) is 0 Å². The fourth-order valence-corrected chi connectivity index (χ4v) is 4.25. The van der Waals surface area contributed by atoms with Crippen molar-refractivity contribution < 1.29 is 23.1 Å². The van der Waals surface area contributed by atoms with E-state index < -0.39 is 23.8 Å². The van der Waals surface area contributed by atoms with Crippen molar-refractivity contribution in [3.8, 4) is 0 Å². The number of aryl methyl sites for hydroxylation is 2. The summed E-state index contributed by atoms with van der Waals surface area (Å²) in [5.41, 5.74) is 1.74. The molecule has 2 aliphatic heterocycles. The third kappa shape index (κ3) is 5.70. The highest BCUT2D eigenvalue weighted by Gasteiger charge is 2.32. The van der Waals surface area contributed by atoms with Crippen molar-refractivity contribution in [2.45, 2.75) is 37.9 Å². The molecule has 2 aromatic rings. The molecule has 0 fully saturated rings. The van der Waals surface area contributed by atoms with Gasteiger partial charge in [0.15, 0.2) is 6.04 Å². The molecule has 180 valence electrons. The highest BCUT2D eigenvalue weighted by molar-refractivity contribution is 5.75. The van der Waals surface area contributed by atoms with Gasteiger partial charge in [-0.05, 0) is 67.2 Å². The van der Waals surface area contributed by atoms with Crippen LogP contribution in [0.15, 0.2) is 61.0 Å². The fourth-order valence-electron chi connectivity index (χ4n) is 4.25. The zero-order chi connectivity index (χ0) is 24.1. The predicted octanol–water partition coefficient (Wildman–Crippen LogP) is 4.82. The van der Waals surface area contributed by atoms with Crippen LogP contribution in [0.4, 0.5) is 19.0 Å². The molecule has 1 atom stereocenters. The maximum atomic E-state index is 12.9. The zero-order valence-electron chi connectivity index (χ0n) is 18.6. The summed E-state index contributed by atoms with van der Waals surface area (Å²) in [7, 11) is 0. The van der Waals surface area contributed by atoms with E-state index in [4.69, 9.17) is 4.98 Å². The Labute approximate surface area is 196 Å². The van der Waals surface area contributed by atoms with Crippen molar-refractivity contribution in [1.29, 1.82) is 0 Å². The number of nitrogens with zero attached hydrogens (tertiary/aromatic N) is 3. The number of anilines is 1. The van der Waals surface area contributed by atoms with Crippen LogP contribution in [0.5, 0.6) is 0 Å². The van der Waals surface area contributed by atoms with E-state index in [1.54, 1.807) is 17.2 Å². The molecule has 0 aliphatic carbocycles. The van der Waals surface area contributed by atoms with Crippen LogP contribution in [-0.4, -0.2) is 45.6 Å². The number of hydrogen-bond donors (Lipinski definition) is 2. The van der Waals surface area contributed by atoms with Gasteiger partial charge in [-0.1, -0.05) is 18.2 Å². The number of aromatic nitrogens is 1. The van der Waals surface area contributed by atoms with E-state index in [1.807, 2.05) is 17.2 Å². The second-order valence-electron chi connectivity index (χ2n) is 8.46. The lowest BCUT2D eigenvalue weighted by Gasteiger charge is -2.32. The van der Waals surface area contributed by atoms with E-state index in [0.717, 1.165) is 55.9 Å². The quantitative estimate of drug-likeness (QED) is 0.602. The second kappa shape index (κ2) is 10.2. The van der Waals surface area contributed by atoms with Gasteiger partial charge in [-0.15, -0.1) is 0 Å². The van der Waals surface area contributed by atoms with E-state index in [1.165, 1.54) is 17.7 Å². The molecule has 34 heavy (non-hydrogen) atoms. The number of fused-ring (bicyclic) bond motifs is 1. The highest BCUT2D eigenvalue weighted by atomic mass is 19.4. The second-order valence-corrected chi connectivity index (χ2v) is 8.46. The van der Waals surface area contributed by atoms with Gasteiger partial charge in [-0.3, -0.25) is 0 Å². The molecule has 0 saturated heterocycles. The summed E-state index contributed by atoms with van der Waals surface area (Å²) in [6, 6.07) is 7.38. The number of rotatable bonds is 7. The van der Waals surface area contributed by atoms with Crippen LogP contribution in [0.2, 0.25) is 0 Å². The van der Waals surface area contributed by atoms with Crippen LogP contribution in [0.25, 0.3) is 0 Å². The van der Waals surface area contributed by atoms with Crippen LogP contribution in [0.1, 0.15) is 41.3 Å². The summed E-state index contributed by atoms with van der Waals surface area (Å²) in [6.45, 7) is 1.92. The van der Waals surface area contributed by atoms with Crippen LogP contribution in [0.3, 0.4) is 0 Å². The number of alkyl halides is 3. The molecule has 0 spiro atoms. The molecule has 2 N–H and O–H groups in total. The molecular formula is C25H27F3N4O2. The molecule has 1 unspecified atom stereocenters. The molecule has 4 rings (SSSR count). The largest absolute Gasteiger partial charge is 0.479 e. The normalized spacial score (nSPS) is 16.6. The first kappa shape index (κ1) is 23.7. The summed E-state index contributed by atoms with van der Waals surface area (Å²) in [6.07, 6.45) is 6.40. The molecule has 1 aromatic carbocycles. The maximum absolute atomic E-state index is 12.9. The van der Waals surface area contributed by atoms with E-state index in [2.05, 4.69) is 17.4 Å². The Bertz CT molecular complexity index is 1070. The van der Waals surface area contributed by atoms with Gasteiger partial charge in [0.1, 0.15) is 5.82 Å². The molecule has 3 heterocycles. The Morgan fingerprint density at radius 2 is 1.88 bits per heavy atom. The van der Waals surface area contributed by atoms with Crippen LogP contribution in [0, 0.1) is 0 Å². The third-order valence-electron chi connectivity index (χ3n) is 5.98. The lowest BCUT2D eigenvalue weighted by Crippen LogP contribution is -2.37. The number of pyridine rings is 1. The van der Waals surface area contributed by atoms with Crippen molar-refractivity contribution in [2.75, 3.05) is 25.1 Å². The number of halogens is 3. The van der Waals surface area contributed by atoms with Crippen LogP contribution in [-0.2, 0) is 23.8 Å². The van der Waals surface area contributed by atoms with Crippen molar-refractivity contribution in [2.24, 2.45) is 0 Å². The third-order valence-corrected chi connectivity index (χ3v) is 5.98. The van der Waals surface area contributed by atoms with Gasteiger partial charge in [0.2, 0.25) is 0 Å². The molecule has 1 aromatic heterocycles. The van der Waals surface area contributed by atoms with Crippen LogP contribution >= 0.6 is 0 Å². The molecule has 0 radical (unpaired) electrons. The van der Waals surface area contributed by atoms with Crippen molar-refractivity contribution in [1.82, 2.24) is 14.8 Å². The van der Waals surface area contributed by atoms with Crippen molar-refractivity contribution >= 4 is 11.8 Å². The van der Waals surface area contributed by atoms with Gasteiger partial charge < -0.3 is 20.2 Å². The minimum atomic E-state index is -4.47. The smallest absolute Gasteiger partial charge is 0.416 e. The van der Waals surface area contributed by atoms with E-state index >= 15 is 0 Å². The average molecular weight is 473 g/mol. The molecular weight excluding hydrogens is 445 g/mol. The number of hydrogen-bond acceptors (Lipinski definition) is 5. The number of aliphatic carboxylic acids is 1. The average Bonchev–Trinajstić information content (AvgIpc) is 3.04. The molecule has 0 amide bonds. The number of nitrogens with one attached hydrogen (secondary N) is 1. The molecule has 0 bridgehead atoms. The highest BCUT2D eigenvalue weighted by Crippen LogP contribution is 2.31. The monoisotopic (exact) mass is 472 g/mol. The zero-order valence-corrected chi connectivity index (χ0v) is 18.6. The summed E-state index contributed by atoms with van der Waals surface area (Å²) in [4.78, 5) is 20.4. The lowest BCUT2D eigenvalue weighted by atomic mass is 10.0. The van der Waals surface area contributed by atoms with Gasteiger partial charge in [-0.25, -0.2) is 9.78 Å². The molecule has 6 nitrogen and oxygen atoms in total. The van der Waals surface area contributed by atoms with E-state index in [0.29, 0.717) is 13.2 Å². The summed E-state index contributed by atoms with van der Waals surface area (Å²) in [5.74, 6) is -0.161. The summed E-state index contributed by atoms with van der Waals surface area (Å²) in [5, 5.41) is 13.2. The first-order valence-electron chi connectivity index (χ1n) is 11.3. The van der Waals surface area contributed by atoms with Gasteiger partial charge in [0, 0.05) is 31.2 Å². The molecule has 9 heteroatoms. The molecule has 2 aliphatic rings. The number of benzene rings is 1. The number of carboxylic acid groups (broad SMARTS) is 1. The maximum Gasteiger partial charge on any atom is 0.416 e. The Hall–Kier alpha value is -3.49. The van der Waals surface area contributed by atoms with Gasteiger partial charge in [-0.2, -0.15) is 13.2 Å². The first-order valence-corrected chi connectivity index (χ1v) is 11.3. The standard InChI is InChI=1S/C25H27F3N4O2/c26-25(27,28)20-10-7-18(8-11-20)22(24(33)34)32-16-2-1-14-31(17-32)15-4-6-21-12-9-19-5-3-13-29-23(19)30-21/h1-2,7-12,14,16,22H,3-6,13,15,17H2,(H,29,30)(H,33,34). The minimum absolute atomic E-state index is 0.290. The SMILES string of the molecule is O=C(O)C(c1ccc(C(F)(F)F)cc1)N1C=CC=CN(CCCc2ccc3c(n2)NCCC3)C1. The fraction of sp³-hybridized carbons (Fsp3) is 0.360. The minimum Gasteiger partial charge on any atom is -0.479 e. The van der Waals surface area contributed by atoms with Gasteiger partial charge in [0.25, 0.3) is 0 Å². The van der Waals surface area contributed by atoms with Crippen molar-refractivity contribution in [3.05, 3.63) is 83.3 Å². The van der Waals surface area contributed by atoms with Gasteiger partial charge >= 0.3 is 12.1 Å². The van der Waals surface area contributed by atoms with Gasteiger partial charge in [0.05, 0.1) is 12.2 Å². The Morgan fingerprint density at radius 1 is 1.12 bits per heavy atom. The predicted molar refractivity (Wildman–Crippen MR) is 123 cm³/mol. The number of allylic oxidation sites excluding steroid dienone is 2. The summed E-state index contributed by atoms with van der Waals surface area (Å²) >= 11 is 0. The first-order chi connectivity index (χ1) is 16.3. The summed E-state index contributed by atoms with van der Waals surface area (Å²) < 4.78 is 38.7. The van der Waals surface area contributed by atoms with E-state index in [-0.39, 0.29) is 5.56 Å². The van der Waals surface area contributed by atoms with E-state index in [9.17, 15) is 23.1 Å². The topological polar surface area (TPSA) is 68.7 Å². The number of carbonyl (C=O) groups is 1. The Balaban J connectivity index is 1.39. The molecule has 0 saturated carbocycles.